The number of benzene rings is 1. The fourth-order valence-electron chi connectivity index (χ4n) is 1.72. The molecule has 0 unspecified atom stereocenters. The minimum absolute atomic E-state index is 0.144. The number of halogens is 1. The first-order valence-electron chi connectivity index (χ1n) is 5.99. The normalized spacial score (nSPS) is 10.5. The summed E-state index contributed by atoms with van der Waals surface area (Å²) in [5.74, 6) is -0.144. The van der Waals surface area contributed by atoms with Crippen LogP contribution >= 0.6 is 0 Å². The molecule has 1 aromatic rings. The van der Waals surface area contributed by atoms with Crippen LogP contribution in [0.25, 0.3) is 0 Å². The summed E-state index contributed by atoms with van der Waals surface area (Å²) in [7, 11) is 0. The van der Waals surface area contributed by atoms with E-state index in [-0.39, 0.29) is 5.82 Å². The van der Waals surface area contributed by atoms with Crippen molar-refractivity contribution in [2.45, 2.75) is 51.9 Å². The Bertz CT molecular complexity index is 268. The number of hydrogen-bond acceptors (Lipinski definition) is 0. The summed E-state index contributed by atoms with van der Waals surface area (Å²) < 4.78 is 12.8. The highest BCUT2D eigenvalue weighted by Gasteiger charge is 1.96. The fraction of sp³-hybridized carbons (Fsp3) is 0.571. The van der Waals surface area contributed by atoms with Gasteiger partial charge in [0.1, 0.15) is 5.82 Å². The standard InChI is InChI=1S/C14H20F/c1-2-3-4-5-6-7-9-13-10-8-11-14(15)12-13/h8,11-12H,2-7,9H2,1H3. The van der Waals surface area contributed by atoms with E-state index in [1.807, 2.05) is 0 Å². The van der Waals surface area contributed by atoms with Crippen LogP contribution in [0, 0.1) is 11.9 Å². The Morgan fingerprint density at radius 3 is 2.60 bits per heavy atom. The first kappa shape index (κ1) is 12.2. The van der Waals surface area contributed by atoms with Crippen LogP contribution in [0.4, 0.5) is 4.39 Å². The summed E-state index contributed by atoms with van der Waals surface area (Å²) in [6.45, 7) is 2.22. The van der Waals surface area contributed by atoms with E-state index in [0.717, 1.165) is 18.4 Å². The molecule has 1 rings (SSSR count). The maximum Gasteiger partial charge on any atom is 0.123 e. The van der Waals surface area contributed by atoms with E-state index in [1.165, 1.54) is 38.2 Å². The Morgan fingerprint density at radius 2 is 1.87 bits per heavy atom. The van der Waals surface area contributed by atoms with Crippen LogP contribution in [0.5, 0.6) is 0 Å². The van der Waals surface area contributed by atoms with E-state index in [4.69, 9.17) is 0 Å². The van der Waals surface area contributed by atoms with Crippen molar-refractivity contribution in [2.24, 2.45) is 0 Å². The molecule has 1 radical (unpaired) electrons. The molecule has 0 atom stereocenters. The van der Waals surface area contributed by atoms with Gasteiger partial charge in [-0.25, -0.2) is 4.39 Å². The molecule has 1 aromatic carbocycles. The molecule has 0 nitrogen and oxygen atoms in total. The highest BCUT2D eigenvalue weighted by Crippen LogP contribution is 2.10. The van der Waals surface area contributed by atoms with Crippen molar-refractivity contribution < 1.29 is 4.39 Å². The Morgan fingerprint density at radius 1 is 1.13 bits per heavy atom. The molecule has 0 aromatic heterocycles. The molecule has 0 saturated heterocycles. The molecule has 0 aliphatic rings. The van der Waals surface area contributed by atoms with Gasteiger partial charge < -0.3 is 0 Å². The highest BCUT2D eigenvalue weighted by atomic mass is 19.1. The van der Waals surface area contributed by atoms with Crippen molar-refractivity contribution in [3.05, 3.63) is 35.6 Å². The zero-order valence-electron chi connectivity index (χ0n) is 9.56. The van der Waals surface area contributed by atoms with E-state index in [1.54, 1.807) is 12.1 Å². The predicted octanol–water partition coefficient (Wildman–Crippen LogP) is 4.53. The van der Waals surface area contributed by atoms with E-state index in [2.05, 4.69) is 13.0 Å². The van der Waals surface area contributed by atoms with Gasteiger partial charge in [-0.05, 0) is 36.6 Å². The molecule has 0 bridgehead atoms. The Labute approximate surface area is 92.5 Å². The van der Waals surface area contributed by atoms with Crippen LogP contribution < -0.4 is 0 Å². The molecule has 83 valence electrons. The molecule has 0 aliphatic heterocycles. The van der Waals surface area contributed by atoms with Gasteiger partial charge in [0.05, 0.1) is 0 Å². The molecule has 0 N–H and O–H groups in total. The number of unbranched alkanes of at least 4 members (excludes halogenated alkanes) is 5. The van der Waals surface area contributed by atoms with Crippen LogP contribution in [0.1, 0.15) is 51.0 Å². The van der Waals surface area contributed by atoms with Gasteiger partial charge in [0, 0.05) is 0 Å². The van der Waals surface area contributed by atoms with Gasteiger partial charge in [0.2, 0.25) is 0 Å². The quantitative estimate of drug-likeness (QED) is 0.576. The second kappa shape index (κ2) is 7.44. The maximum absolute atomic E-state index is 12.8. The van der Waals surface area contributed by atoms with Crippen LogP contribution in [-0.4, -0.2) is 0 Å². The maximum atomic E-state index is 12.8. The van der Waals surface area contributed by atoms with Crippen LogP contribution in [0.3, 0.4) is 0 Å². The van der Waals surface area contributed by atoms with Crippen LogP contribution in [0.15, 0.2) is 18.2 Å². The van der Waals surface area contributed by atoms with Gasteiger partial charge in [-0.15, -0.1) is 0 Å². The summed E-state index contributed by atoms with van der Waals surface area (Å²) in [5, 5.41) is 0. The van der Waals surface area contributed by atoms with Crippen molar-refractivity contribution in [1.29, 1.82) is 0 Å². The molecular formula is C14H20F. The summed E-state index contributed by atoms with van der Waals surface area (Å²) >= 11 is 0. The van der Waals surface area contributed by atoms with Crippen molar-refractivity contribution in [3.8, 4) is 0 Å². The molecular weight excluding hydrogens is 187 g/mol. The van der Waals surface area contributed by atoms with E-state index < -0.39 is 0 Å². The van der Waals surface area contributed by atoms with Gasteiger partial charge in [-0.2, -0.15) is 0 Å². The van der Waals surface area contributed by atoms with Crippen molar-refractivity contribution in [1.82, 2.24) is 0 Å². The number of hydrogen-bond donors (Lipinski definition) is 0. The Balaban J connectivity index is 2.10. The van der Waals surface area contributed by atoms with Gasteiger partial charge in [0.15, 0.2) is 0 Å². The number of rotatable bonds is 7. The van der Waals surface area contributed by atoms with Crippen LogP contribution in [-0.2, 0) is 6.42 Å². The predicted molar refractivity (Wildman–Crippen MR) is 62.3 cm³/mol. The lowest BCUT2D eigenvalue weighted by Crippen LogP contribution is -1.87. The van der Waals surface area contributed by atoms with E-state index in [0.29, 0.717) is 0 Å². The molecule has 0 saturated carbocycles. The van der Waals surface area contributed by atoms with Gasteiger partial charge in [-0.3, -0.25) is 0 Å². The SMILES string of the molecule is CCCCCCCCc1[c]ccc(F)c1. The minimum atomic E-state index is -0.144. The van der Waals surface area contributed by atoms with Gasteiger partial charge >= 0.3 is 0 Å². The topological polar surface area (TPSA) is 0 Å². The molecule has 0 aliphatic carbocycles. The molecule has 0 heterocycles. The lowest BCUT2D eigenvalue weighted by atomic mass is 10.1. The third kappa shape index (κ3) is 5.56. The van der Waals surface area contributed by atoms with Crippen molar-refractivity contribution >= 4 is 0 Å². The average Bonchev–Trinajstić information content (AvgIpc) is 2.23. The Kier molecular flexibility index (Phi) is 6.06. The molecule has 0 amide bonds. The second-order valence-electron chi connectivity index (χ2n) is 4.05. The van der Waals surface area contributed by atoms with E-state index in [9.17, 15) is 4.39 Å². The number of aryl methyl sites for hydroxylation is 1. The summed E-state index contributed by atoms with van der Waals surface area (Å²) in [6, 6.07) is 7.78. The molecule has 15 heavy (non-hydrogen) atoms. The fourth-order valence-corrected chi connectivity index (χ4v) is 1.72. The zero-order chi connectivity index (χ0) is 10.9. The lowest BCUT2D eigenvalue weighted by molar-refractivity contribution is 0.602. The average molecular weight is 207 g/mol. The first-order chi connectivity index (χ1) is 7.33. The summed E-state index contributed by atoms with van der Waals surface area (Å²) in [6.07, 6.45) is 8.65. The molecule has 1 heteroatoms. The van der Waals surface area contributed by atoms with Crippen molar-refractivity contribution in [2.75, 3.05) is 0 Å². The molecule has 0 fully saturated rings. The third-order valence-corrected chi connectivity index (χ3v) is 2.62. The highest BCUT2D eigenvalue weighted by molar-refractivity contribution is 5.14. The summed E-state index contributed by atoms with van der Waals surface area (Å²) in [4.78, 5) is 0. The first-order valence-corrected chi connectivity index (χ1v) is 5.99. The second-order valence-corrected chi connectivity index (χ2v) is 4.05. The smallest absolute Gasteiger partial charge is 0.123 e. The minimum Gasteiger partial charge on any atom is -0.207 e. The largest absolute Gasteiger partial charge is 0.207 e. The van der Waals surface area contributed by atoms with Crippen LogP contribution in [0.2, 0.25) is 0 Å². The lowest BCUT2D eigenvalue weighted by Gasteiger charge is -2.01. The summed E-state index contributed by atoms with van der Waals surface area (Å²) in [5.41, 5.74) is 1.01. The zero-order valence-corrected chi connectivity index (χ0v) is 9.56. The van der Waals surface area contributed by atoms with Crippen molar-refractivity contribution in [3.63, 3.8) is 0 Å². The van der Waals surface area contributed by atoms with Gasteiger partial charge in [0.25, 0.3) is 0 Å². The van der Waals surface area contributed by atoms with Gasteiger partial charge in [-0.1, -0.05) is 45.1 Å². The monoisotopic (exact) mass is 207 g/mol. The van der Waals surface area contributed by atoms with E-state index >= 15 is 0 Å². The Hall–Kier alpha value is -0.850. The third-order valence-electron chi connectivity index (χ3n) is 2.62. The molecule has 0 spiro atoms.